The Kier molecular flexibility index (Phi) is 2.66. The highest BCUT2D eigenvalue weighted by atomic mass is 32.1. The summed E-state index contributed by atoms with van der Waals surface area (Å²) in [6.07, 6.45) is 2.71. The first-order valence-electron chi connectivity index (χ1n) is 7.00. The van der Waals surface area contributed by atoms with Gasteiger partial charge in [-0.1, -0.05) is 0 Å². The third-order valence-corrected chi connectivity index (χ3v) is 4.97. The van der Waals surface area contributed by atoms with Gasteiger partial charge in [0.25, 0.3) is 5.56 Å². The zero-order valence-electron chi connectivity index (χ0n) is 11.0. The lowest BCUT2D eigenvalue weighted by Gasteiger charge is -2.19. The fourth-order valence-electron chi connectivity index (χ4n) is 2.79. The van der Waals surface area contributed by atoms with Gasteiger partial charge < -0.3 is 4.90 Å². The van der Waals surface area contributed by atoms with Crippen molar-refractivity contribution in [2.75, 3.05) is 13.1 Å². The fourth-order valence-corrected chi connectivity index (χ4v) is 3.57. The predicted molar refractivity (Wildman–Crippen MR) is 76.9 cm³/mol. The van der Waals surface area contributed by atoms with Crippen molar-refractivity contribution in [2.45, 2.75) is 25.8 Å². The fraction of sp³-hybridized carbons (Fsp3) is 0.500. The van der Waals surface area contributed by atoms with E-state index in [1.54, 1.807) is 4.57 Å². The second-order valence-electron chi connectivity index (χ2n) is 5.47. The van der Waals surface area contributed by atoms with Crippen molar-refractivity contribution < 1.29 is 4.79 Å². The van der Waals surface area contributed by atoms with E-state index in [-0.39, 0.29) is 17.4 Å². The van der Waals surface area contributed by atoms with Crippen LogP contribution < -0.4 is 5.56 Å². The van der Waals surface area contributed by atoms with Crippen molar-refractivity contribution in [3.8, 4) is 0 Å². The molecule has 0 N–H and O–H groups in total. The Hall–Kier alpha value is -1.69. The lowest BCUT2D eigenvalue weighted by Crippen LogP contribution is -2.35. The van der Waals surface area contributed by atoms with Gasteiger partial charge in [0.2, 0.25) is 5.91 Å². The summed E-state index contributed by atoms with van der Waals surface area (Å²) in [6, 6.07) is 1.89. The van der Waals surface area contributed by atoms with Crippen LogP contribution >= 0.6 is 11.3 Å². The first-order chi connectivity index (χ1) is 9.74. The molecule has 3 heterocycles. The maximum absolute atomic E-state index is 12.4. The van der Waals surface area contributed by atoms with Gasteiger partial charge in [0.15, 0.2) is 0 Å². The molecular weight excluding hydrogens is 274 g/mol. The summed E-state index contributed by atoms with van der Waals surface area (Å²) in [6.45, 7) is 1.87. The molecule has 5 nitrogen and oxygen atoms in total. The molecule has 1 fully saturated rings. The van der Waals surface area contributed by atoms with E-state index < -0.39 is 0 Å². The monoisotopic (exact) mass is 289 g/mol. The molecule has 1 saturated carbocycles. The molecular formula is C14H15N3O2S. The molecule has 0 radical (unpaired) electrons. The van der Waals surface area contributed by atoms with Gasteiger partial charge in [0.05, 0.1) is 5.52 Å². The van der Waals surface area contributed by atoms with Crippen molar-refractivity contribution >= 4 is 27.5 Å². The van der Waals surface area contributed by atoms with Crippen LogP contribution in [0.5, 0.6) is 0 Å². The van der Waals surface area contributed by atoms with Gasteiger partial charge in [-0.2, -0.15) is 0 Å². The average Bonchev–Trinajstić information content (AvgIpc) is 3.21. The van der Waals surface area contributed by atoms with Crippen molar-refractivity contribution in [1.82, 2.24) is 14.5 Å². The molecule has 2 aromatic heterocycles. The lowest BCUT2D eigenvalue weighted by atomic mass is 10.3. The van der Waals surface area contributed by atoms with Crippen molar-refractivity contribution in [3.05, 3.63) is 27.6 Å². The molecule has 0 atom stereocenters. The van der Waals surface area contributed by atoms with E-state index in [1.807, 2.05) is 16.3 Å². The summed E-state index contributed by atoms with van der Waals surface area (Å²) in [5.41, 5.74) is 0.828. The number of rotatable bonds is 1. The van der Waals surface area contributed by atoms with Gasteiger partial charge in [-0.25, -0.2) is 4.98 Å². The normalized spacial score (nSPS) is 18.9. The molecule has 1 aliphatic carbocycles. The molecule has 4 rings (SSSR count). The van der Waals surface area contributed by atoms with Gasteiger partial charge in [-0.3, -0.25) is 14.2 Å². The van der Waals surface area contributed by atoms with E-state index in [9.17, 15) is 9.59 Å². The molecule has 0 saturated heterocycles. The Bertz CT molecular complexity index is 744. The molecule has 0 aromatic carbocycles. The lowest BCUT2D eigenvalue weighted by molar-refractivity contribution is -0.132. The summed E-state index contributed by atoms with van der Waals surface area (Å²) in [7, 11) is 0. The first kappa shape index (κ1) is 12.1. The topological polar surface area (TPSA) is 55.2 Å². The van der Waals surface area contributed by atoms with Crippen LogP contribution in [0.2, 0.25) is 0 Å². The summed E-state index contributed by atoms with van der Waals surface area (Å²) >= 11 is 1.44. The van der Waals surface area contributed by atoms with Crippen LogP contribution in [-0.4, -0.2) is 33.4 Å². The van der Waals surface area contributed by atoms with Crippen LogP contribution in [-0.2, 0) is 17.8 Å². The number of thiophene rings is 1. The molecule has 1 aliphatic heterocycles. The Labute approximate surface area is 119 Å². The SMILES string of the molecule is O=C(C1CC1)N1CCc2nc3ccsc3c(=O)n2CC1. The highest BCUT2D eigenvalue weighted by Crippen LogP contribution is 2.31. The van der Waals surface area contributed by atoms with Gasteiger partial charge in [-0.15, -0.1) is 11.3 Å². The Morgan fingerprint density at radius 2 is 2.15 bits per heavy atom. The average molecular weight is 289 g/mol. The number of hydrogen-bond donors (Lipinski definition) is 0. The minimum absolute atomic E-state index is 0.0423. The van der Waals surface area contributed by atoms with Gasteiger partial charge in [0.1, 0.15) is 10.5 Å². The molecule has 0 bridgehead atoms. The molecule has 6 heteroatoms. The molecule has 0 spiro atoms. The number of aromatic nitrogens is 2. The van der Waals surface area contributed by atoms with Crippen molar-refractivity contribution in [3.63, 3.8) is 0 Å². The zero-order chi connectivity index (χ0) is 13.7. The van der Waals surface area contributed by atoms with Crippen molar-refractivity contribution in [2.24, 2.45) is 5.92 Å². The Morgan fingerprint density at radius 1 is 1.30 bits per heavy atom. The summed E-state index contributed by atoms with van der Waals surface area (Å²) in [5.74, 6) is 1.31. The van der Waals surface area contributed by atoms with Crippen LogP contribution in [0.4, 0.5) is 0 Å². The Balaban J connectivity index is 1.69. The summed E-state index contributed by atoms with van der Waals surface area (Å²) in [4.78, 5) is 31.1. The number of carbonyl (C=O) groups excluding carboxylic acids is 1. The van der Waals surface area contributed by atoms with E-state index in [2.05, 4.69) is 4.98 Å². The summed E-state index contributed by atoms with van der Waals surface area (Å²) < 4.78 is 2.47. The largest absolute Gasteiger partial charge is 0.340 e. The molecule has 20 heavy (non-hydrogen) atoms. The predicted octanol–water partition coefficient (Wildman–Crippen LogP) is 1.25. The zero-order valence-corrected chi connectivity index (χ0v) is 11.9. The molecule has 0 unspecified atom stereocenters. The highest BCUT2D eigenvalue weighted by molar-refractivity contribution is 7.17. The van der Waals surface area contributed by atoms with Crippen molar-refractivity contribution in [1.29, 1.82) is 0 Å². The first-order valence-corrected chi connectivity index (χ1v) is 7.88. The van der Waals surface area contributed by atoms with Crippen LogP contribution in [0.25, 0.3) is 10.2 Å². The second kappa shape index (κ2) is 4.41. The van der Waals surface area contributed by atoms with E-state index in [4.69, 9.17) is 0 Å². The molecule has 104 valence electrons. The van der Waals surface area contributed by atoms with Crippen LogP contribution in [0.1, 0.15) is 18.7 Å². The smallest absolute Gasteiger partial charge is 0.271 e. The second-order valence-corrected chi connectivity index (χ2v) is 6.39. The summed E-state index contributed by atoms with van der Waals surface area (Å²) in [5, 5.41) is 1.90. The minimum Gasteiger partial charge on any atom is -0.340 e. The molecule has 2 aliphatic rings. The number of nitrogens with zero attached hydrogens (tertiary/aromatic N) is 3. The standard InChI is InChI=1S/C14H15N3O2S/c18-13(9-1-2-9)16-5-3-11-15-10-4-8-20-12(10)14(19)17(11)7-6-16/h4,8-9H,1-3,5-7H2. The Morgan fingerprint density at radius 3 is 2.95 bits per heavy atom. The van der Waals surface area contributed by atoms with Gasteiger partial charge in [-0.05, 0) is 24.3 Å². The maximum atomic E-state index is 12.4. The quantitative estimate of drug-likeness (QED) is 0.794. The van der Waals surface area contributed by atoms with Gasteiger partial charge >= 0.3 is 0 Å². The molecule has 2 aromatic rings. The van der Waals surface area contributed by atoms with Crippen LogP contribution in [0, 0.1) is 5.92 Å². The highest BCUT2D eigenvalue weighted by Gasteiger charge is 2.34. The van der Waals surface area contributed by atoms with E-state index in [0.29, 0.717) is 26.1 Å². The van der Waals surface area contributed by atoms with Gasteiger partial charge in [0, 0.05) is 32.0 Å². The van der Waals surface area contributed by atoms with E-state index >= 15 is 0 Å². The van der Waals surface area contributed by atoms with E-state index in [1.165, 1.54) is 11.3 Å². The number of fused-ring (bicyclic) bond motifs is 2. The van der Waals surface area contributed by atoms with Crippen LogP contribution in [0.15, 0.2) is 16.2 Å². The third-order valence-electron chi connectivity index (χ3n) is 4.08. The van der Waals surface area contributed by atoms with E-state index in [0.717, 1.165) is 28.9 Å². The number of carbonyl (C=O) groups is 1. The molecule has 1 amide bonds. The maximum Gasteiger partial charge on any atom is 0.271 e. The third kappa shape index (κ3) is 1.86. The number of hydrogen-bond acceptors (Lipinski definition) is 4. The minimum atomic E-state index is 0.0423. The number of amides is 1. The van der Waals surface area contributed by atoms with Crippen LogP contribution in [0.3, 0.4) is 0 Å².